The van der Waals surface area contributed by atoms with Gasteiger partial charge >= 0.3 is 5.97 Å². The smallest absolute Gasteiger partial charge is 0.325 e. The summed E-state index contributed by atoms with van der Waals surface area (Å²) in [7, 11) is 0. The summed E-state index contributed by atoms with van der Waals surface area (Å²) in [5, 5.41) is 6.16. The predicted molar refractivity (Wildman–Crippen MR) is 141 cm³/mol. The first-order chi connectivity index (χ1) is 17.0. The molecule has 0 N–H and O–H groups in total. The lowest BCUT2D eigenvalue weighted by atomic mass is 9.88. The molecule has 0 amide bonds. The number of fused-ring (bicyclic) bond motifs is 2. The third kappa shape index (κ3) is 4.80. The number of hydrogen-bond donors (Lipinski definition) is 0. The third-order valence-corrected chi connectivity index (χ3v) is 7.03. The van der Waals surface area contributed by atoms with Crippen LogP contribution >= 0.6 is 15.9 Å². The maximum Gasteiger partial charge on any atom is 0.325 e. The molecule has 4 aromatic rings. The molecule has 0 atom stereocenters. The van der Waals surface area contributed by atoms with E-state index in [0.717, 1.165) is 52.4 Å². The van der Waals surface area contributed by atoms with E-state index in [2.05, 4.69) is 21.0 Å². The molecule has 8 heteroatoms. The Kier molecular flexibility index (Phi) is 6.81. The Morgan fingerprint density at radius 1 is 1.17 bits per heavy atom. The van der Waals surface area contributed by atoms with Gasteiger partial charge in [-0.15, -0.1) is 0 Å². The summed E-state index contributed by atoms with van der Waals surface area (Å²) in [6.07, 6.45) is 9.05. The van der Waals surface area contributed by atoms with Crippen molar-refractivity contribution in [2.45, 2.75) is 51.5 Å². The Morgan fingerprint density at radius 2 is 1.97 bits per heavy atom. The second kappa shape index (κ2) is 10.2. The Balaban J connectivity index is 1.61. The number of para-hydroxylation sites is 1. The number of aromatic nitrogens is 3. The molecule has 2 heterocycles. The van der Waals surface area contributed by atoms with Crippen LogP contribution < -0.4 is 5.56 Å². The first-order valence-electron chi connectivity index (χ1n) is 12.0. The number of hydrogen-bond acceptors (Lipinski definition) is 5. The minimum Gasteiger partial charge on any atom is -0.465 e. The zero-order chi connectivity index (χ0) is 24.4. The van der Waals surface area contributed by atoms with Crippen molar-refractivity contribution in [1.29, 1.82) is 0 Å². The average Bonchev–Trinajstić information content (AvgIpc) is 3.21. The highest BCUT2D eigenvalue weighted by Crippen LogP contribution is 2.32. The van der Waals surface area contributed by atoms with Gasteiger partial charge in [0.1, 0.15) is 12.4 Å². The zero-order valence-corrected chi connectivity index (χ0v) is 21.2. The van der Waals surface area contributed by atoms with E-state index in [1.54, 1.807) is 19.2 Å². The van der Waals surface area contributed by atoms with Gasteiger partial charge in [0.15, 0.2) is 0 Å². The van der Waals surface area contributed by atoms with Gasteiger partial charge in [-0.05, 0) is 44.0 Å². The quantitative estimate of drug-likeness (QED) is 0.238. The molecule has 1 saturated carbocycles. The number of nitrogens with zero attached hydrogens (tertiary/aromatic N) is 4. The van der Waals surface area contributed by atoms with Crippen LogP contribution in [0.1, 0.15) is 56.3 Å². The fourth-order valence-electron chi connectivity index (χ4n) is 4.88. The van der Waals surface area contributed by atoms with E-state index >= 15 is 0 Å². The van der Waals surface area contributed by atoms with Gasteiger partial charge in [-0.1, -0.05) is 53.4 Å². The van der Waals surface area contributed by atoms with Crippen molar-refractivity contribution in [1.82, 2.24) is 14.2 Å². The van der Waals surface area contributed by atoms with E-state index in [1.807, 2.05) is 47.2 Å². The summed E-state index contributed by atoms with van der Waals surface area (Å²) in [4.78, 5) is 30.6. The number of carbonyl (C=O) groups is 1. The van der Waals surface area contributed by atoms with Crippen LogP contribution in [0.5, 0.6) is 0 Å². The van der Waals surface area contributed by atoms with E-state index < -0.39 is 0 Å². The molecule has 2 aromatic heterocycles. The molecular formula is C27H27BrN4O3. The molecule has 0 radical (unpaired) electrons. The molecule has 1 aliphatic rings. The second-order valence-electron chi connectivity index (χ2n) is 8.86. The molecule has 0 unspecified atom stereocenters. The van der Waals surface area contributed by atoms with Crippen molar-refractivity contribution >= 4 is 49.9 Å². The van der Waals surface area contributed by atoms with Crippen LogP contribution in [-0.4, -0.2) is 33.0 Å². The Hall–Kier alpha value is -3.26. The Morgan fingerprint density at radius 3 is 2.77 bits per heavy atom. The molecule has 1 aliphatic carbocycles. The van der Waals surface area contributed by atoms with Gasteiger partial charge in [-0.2, -0.15) is 9.78 Å². The maximum atomic E-state index is 13.6. The summed E-state index contributed by atoms with van der Waals surface area (Å²) in [6, 6.07) is 13.4. The van der Waals surface area contributed by atoms with Crippen molar-refractivity contribution in [3.05, 3.63) is 74.9 Å². The van der Waals surface area contributed by atoms with Gasteiger partial charge in [0.05, 0.1) is 23.7 Å². The lowest BCUT2D eigenvalue weighted by Gasteiger charge is -2.22. The summed E-state index contributed by atoms with van der Waals surface area (Å²) < 4.78 is 9.29. The topological polar surface area (TPSA) is 78.5 Å². The highest BCUT2D eigenvalue weighted by Gasteiger charge is 2.22. The van der Waals surface area contributed by atoms with Crippen molar-refractivity contribution < 1.29 is 9.53 Å². The van der Waals surface area contributed by atoms with Crippen molar-refractivity contribution in [2.24, 2.45) is 5.10 Å². The Labute approximate surface area is 211 Å². The van der Waals surface area contributed by atoms with Gasteiger partial charge in [-0.3, -0.25) is 9.59 Å². The molecule has 7 nitrogen and oxygen atoms in total. The average molecular weight is 535 g/mol. The minimum absolute atomic E-state index is 0.112. The van der Waals surface area contributed by atoms with Gasteiger partial charge in [0, 0.05) is 33.1 Å². The van der Waals surface area contributed by atoms with Gasteiger partial charge in [0.25, 0.3) is 5.56 Å². The van der Waals surface area contributed by atoms with Crippen LogP contribution in [0.4, 0.5) is 0 Å². The molecule has 35 heavy (non-hydrogen) atoms. The number of esters is 1. The SMILES string of the molecule is CCOC(=O)Cn1cc(C=Nn2c(C3CCCCC3)nc3ccc(Br)cc3c2=O)c2ccccc21. The lowest BCUT2D eigenvalue weighted by Crippen LogP contribution is -2.25. The van der Waals surface area contributed by atoms with Crippen LogP contribution in [-0.2, 0) is 16.1 Å². The van der Waals surface area contributed by atoms with E-state index in [-0.39, 0.29) is 24.0 Å². The Bertz CT molecular complexity index is 1480. The van der Waals surface area contributed by atoms with E-state index in [1.165, 1.54) is 11.1 Å². The fraction of sp³-hybridized carbons (Fsp3) is 0.333. The molecule has 0 bridgehead atoms. The van der Waals surface area contributed by atoms with Crippen LogP contribution in [0.2, 0.25) is 0 Å². The number of benzene rings is 2. The number of ether oxygens (including phenoxy) is 1. The first-order valence-corrected chi connectivity index (χ1v) is 12.8. The van der Waals surface area contributed by atoms with Crippen molar-refractivity contribution in [3.63, 3.8) is 0 Å². The fourth-order valence-corrected chi connectivity index (χ4v) is 5.24. The van der Waals surface area contributed by atoms with E-state index in [4.69, 9.17) is 9.72 Å². The number of carbonyl (C=O) groups excluding carboxylic acids is 1. The van der Waals surface area contributed by atoms with E-state index in [9.17, 15) is 9.59 Å². The van der Waals surface area contributed by atoms with Crippen LogP contribution in [0, 0.1) is 0 Å². The highest BCUT2D eigenvalue weighted by atomic mass is 79.9. The van der Waals surface area contributed by atoms with E-state index in [0.29, 0.717) is 17.5 Å². The normalized spacial score (nSPS) is 14.8. The van der Waals surface area contributed by atoms with Gasteiger partial charge in [0.2, 0.25) is 0 Å². The predicted octanol–water partition coefficient (Wildman–Crippen LogP) is 5.61. The molecule has 180 valence electrons. The molecule has 0 saturated heterocycles. The number of halogens is 1. The molecular weight excluding hydrogens is 508 g/mol. The molecule has 2 aromatic carbocycles. The standard InChI is InChI=1S/C27H27BrN4O3/c1-2-35-25(33)17-31-16-19(21-10-6-7-11-24(21)31)15-29-32-26(18-8-4-3-5-9-18)30-23-13-12-20(28)14-22(23)27(32)34/h6-7,10-16,18H,2-5,8-9,17H2,1H3. The second-order valence-corrected chi connectivity index (χ2v) is 9.78. The lowest BCUT2D eigenvalue weighted by molar-refractivity contribution is -0.143. The monoisotopic (exact) mass is 534 g/mol. The highest BCUT2D eigenvalue weighted by molar-refractivity contribution is 9.10. The van der Waals surface area contributed by atoms with Gasteiger partial charge < -0.3 is 9.30 Å². The van der Waals surface area contributed by atoms with Crippen LogP contribution in [0.25, 0.3) is 21.8 Å². The van der Waals surface area contributed by atoms with Gasteiger partial charge in [-0.25, -0.2) is 4.98 Å². The molecule has 5 rings (SSSR count). The molecule has 1 fully saturated rings. The maximum absolute atomic E-state index is 13.6. The first kappa shape index (κ1) is 23.5. The van der Waals surface area contributed by atoms with Crippen LogP contribution in [0.15, 0.2) is 63.0 Å². The summed E-state index contributed by atoms with van der Waals surface area (Å²) in [5.41, 5.74) is 2.24. The third-order valence-electron chi connectivity index (χ3n) is 6.54. The summed E-state index contributed by atoms with van der Waals surface area (Å²) >= 11 is 3.47. The summed E-state index contributed by atoms with van der Waals surface area (Å²) in [6.45, 7) is 2.24. The van der Waals surface area contributed by atoms with Crippen molar-refractivity contribution in [2.75, 3.05) is 6.61 Å². The number of rotatable bonds is 6. The largest absolute Gasteiger partial charge is 0.465 e. The minimum atomic E-state index is -0.295. The molecule has 0 spiro atoms. The van der Waals surface area contributed by atoms with Crippen LogP contribution in [0.3, 0.4) is 0 Å². The zero-order valence-electron chi connectivity index (χ0n) is 19.6. The summed E-state index contributed by atoms with van der Waals surface area (Å²) in [5.74, 6) is 0.625. The van der Waals surface area contributed by atoms with Crippen molar-refractivity contribution in [3.8, 4) is 0 Å². The molecule has 0 aliphatic heterocycles.